The maximum absolute atomic E-state index is 13.4. The molecule has 2 rings (SSSR count). The molecule has 5 nitrogen and oxygen atoms in total. The van der Waals surface area contributed by atoms with Gasteiger partial charge in [0.25, 0.3) is 0 Å². The summed E-state index contributed by atoms with van der Waals surface area (Å²) in [6, 6.07) is 8.80. The van der Waals surface area contributed by atoms with Crippen molar-refractivity contribution < 1.29 is 22.0 Å². The SMILES string of the molecule is Cc1cc(S(=O)(=O)NCC(=O)Nc2ccccc2F)ccc1F. The average molecular weight is 340 g/mol. The van der Waals surface area contributed by atoms with E-state index in [1.165, 1.54) is 31.2 Å². The number of nitrogens with one attached hydrogen (secondary N) is 2. The van der Waals surface area contributed by atoms with E-state index in [9.17, 15) is 22.0 Å². The molecule has 0 heterocycles. The van der Waals surface area contributed by atoms with E-state index < -0.39 is 34.1 Å². The molecule has 2 N–H and O–H groups in total. The molecule has 1 amide bonds. The zero-order valence-electron chi connectivity index (χ0n) is 12.1. The number of hydrogen-bond donors (Lipinski definition) is 2. The monoisotopic (exact) mass is 340 g/mol. The zero-order chi connectivity index (χ0) is 17.0. The van der Waals surface area contributed by atoms with Gasteiger partial charge in [-0.15, -0.1) is 0 Å². The number of hydrogen-bond acceptors (Lipinski definition) is 3. The van der Waals surface area contributed by atoms with Gasteiger partial charge in [0.05, 0.1) is 17.1 Å². The van der Waals surface area contributed by atoms with E-state index in [1.54, 1.807) is 0 Å². The van der Waals surface area contributed by atoms with Crippen LogP contribution in [0.3, 0.4) is 0 Å². The van der Waals surface area contributed by atoms with E-state index in [0.29, 0.717) is 0 Å². The summed E-state index contributed by atoms with van der Waals surface area (Å²) in [5, 5.41) is 2.25. The average Bonchev–Trinajstić information content (AvgIpc) is 2.50. The summed E-state index contributed by atoms with van der Waals surface area (Å²) in [5.74, 6) is -1.88. The minimum Gasteiger partial charge on any atom is -0.322 e. The Hall–Kier alpha value is -2.32. The van der Waals surface area contributed by atoms with Crippen LogP contribution in [0.1, 0.15) is 5.56 Å². The van der Waals surface area contributed by atoms with Crippen molar-refractivity contribution in [3.05, 3.63) is 59.7 Å². The zero-order valence-corrected chi connectivity index (χ0v) is 13.0. The molecule has 0 unspecified atom stereocenters. The highest BCUT2D eigenvalue weighted by Gasteiger charge is 2.17. The first-order chi connectivity index (χ1) is 10.8. The summed E-state index contributed by atoms with van der Waals surface area (Å²) in [4.78, 5) is 11.5. The van der Waals surface area contributed by atoms with Crippen molar-refractivity contribution in [1.82, 2.24) is 4.72 Å². The van der Waals surface area contributed by atoms with Gasteiger partial charge in [-0.05, 0) is 42.8 Å². The lowest BCUT2D eigenvalue weighted by Gasteiger charge is -2.09. The predicted octanol–water partition coefficient (Wildman–Crippen LogP) is 2.19. The Labute approximate surface area is 132 Å². The largest absolute Gasteiger partial charge is 0.322 e. The Kier molecular flexibility index (Phi) is 5.07. The second-order valence-corrected chi connectivity index (χ2v) is 6.53. The van der Waals surface area contributed by atoms with E-state index in [1.807, 2.05) is 0 Å². The number of sulfonamides is 1. The van der Waals surface area contributed by atoms with Gasteiger partial charge in [-0.25, -0.2) is 21.9 Å². The fourth-order valence-electron chi connectivity index (χ4n) is 1.79. The summed E-state index contributed by atoms with van der Waals surface area (Å²) in [6.45, 7) is 0.854. The quantitative estimate of drug-likeness (QED) is 0.876. The van der Waals surface area contributed by atoms with Crippen molar-refractivity contribution in [2.75, 3.05) is 11.9 Å². The summed E-state index contributed by atoms with van der Waals surface area (Å²) in [7, 11) is -3.97. The topological polar surface area (TPSA) is 75.3 Å². The van der Waals surface area contributed by atoms with E-state index in [0.717, 1.165) is 18.2 Å². The van der Waals surface area contributed by atoms with Crippen molar-refractivity contribution >= 4 is 21.6 Å². The van der Waals surface area contributed by atoms with Gasteiger partial charge in [0.15, 0.2) is 0 Å². The van der Waals surface area contributed by atoms with E-state index in [-0.39, 0.29) is 16.1 Å². The highest BCUT2D eigenvalue weighted by molar-refractivity contribution is 7.89. The van der Waals surface area contributed by atoms with Gasteiger partial charge in [0.2, 0.25) is 15.9 Å². The molecule has 0 aromatic heterocycles. The van der Waals surface area contributed by atoms with Gasteiger partial charge < -0.3 is 5.32 Å². The number of rotatable bonds is 5. The van der Waals surface area contributed by atoms with Crippen molar-refractivity contribution in [3.8, 4) is 0 Å². The number of aryl methyl sites for hydroxylation is 1. The molecule has 0 fully saturated rings. The van der Waals surface area contributed by atoms with Crippen LogP contribution >= 0.6 is 0 Å². The molecule has 0 aliphatic heterocycles. The van der Waals surface area contributed by atoms with Crippen LogP contribution in [-0.4, -0.2) is 20.9 Å². The first kappa shape index (κ1) is 17.0. The van der Waals surface area contributed by atoms with Crippen LogP contribution < -0.4 is 10.0 Å². The minimum absolute atomic E-state index is 0.0469. The van der Waals surface area contributed by atoms with Crippen molar-refractivity contribution in [1.29, 1.82) is 0 Å². The molecule has 0 aliphatic rings. The number of carbonyl (C=O) groups excluding carboxylic acids is 1. The van der Waals surface area contributed by atoms with Crippen molar-refractivity contribution in [2.45, 2.75) is 11.8 Å². The van der Waals surface area contributed by atoms with Gasteiger partial charge in [-0.1, -0.05) is 12.1 Å². The lowest BCUT2D eigenvalue weighted by atomic mass is 10.2. The highest BCUT2D eigenvalue weighted by Crippen LogP contribution is 2.14. The number of para-hydroxylation sites is 1. The summed E-state index contributed by atoms with van der Waals surface area (Å²) in [6.07, 6.45) is 0. The van der Waals surface area contributed by atoms with Crippen LogP contribution in [-0.2, 0) is 14.8 Å². The van der Waals surface area contributed by atoms with Crippen molar-refractivity contribution in [2.24, 2.45) is 0 Å². The Bertz CT molecular complexity index is 838. The number of carbonyl (C=O) groups is 1. The van der Waals surface area contributed by atoms with Crippen LogP contribution in [0.5, 0.6) is 0 Å². The molecule has 0 radical (unpaired) electrons. The second kappa shape index (κ2) is 6.84. The molecule has 0 spiro atoms. The van der Waals surface area contributed by atoms with E-state index in [4.69, 9.17) is 0 Å². The summed E-state index contributed by atoms with van der Waals surface area (Å²) >= 11 is 0. The first-order valence-electron chi connectivity index (χ1n) is 6.60. The Morgan fingerprint density at radius 2 is 1.78 bits per heavy atom. The fourth-order valence-corrected chi connectivity index (χ4v) is 2.85. The molecule has 122 valence electrons. The van der Waals surface area contributed by atoms with Gasteiger partial charge in [-0.2, -0.15) is 0 Å². The lowest BCUT2D eigenvalue weighted by molar-refractivity contribution is -0.115. The third-order valence-electron chi connectivity index (χ3n) is 3.01. The molecule has 0 atom stereocenters. The number of benzene rings is 2. The van der Waals surface area contributed by atoms with E-state index in [2.05, 4.69) is 10.0 Å². The smallest absolute Gasteiger partial charge is 0.241 e. The minimum atomic E-state index is -3.97. The third-order valence-corrected chi connectivity index (χ3v) is 4.41. The van der Waals surface area contributed by atoms with Crippen LogP contribution in [0.25, 0.3) is 0 Å². The molecule has 0 saturated carbocycles. The Morgan fingerprint density at radius 1 is 1.09 bits per heavy atom. The van der Waals surface area contributed by atoms with Crippen LogP contribution in [0.15, 0.2) is 47.4 Å². The highest BCUT2D eigenvalue weighted by atomic mass is 32.2. The Morgan fingerprint density at radius 3 is 2.43 bits per heavy atom. The molecule has 0 aliphatic carbocycles. The maximum Gasteiger partial charge on any atom is 0.241 e. The molecule has 2 aromatic rings. The van der Waals surface area contributed by atoms with Crippen LogP contribution in [0, 0.1) is 18.6 Å². The van der Waals surface area contributed by atoms with Gasteiger partial charge in [0.1, 0.15) is 11.6 Å². The Balaban J connectivity index is 2.03. The second-order valence-electron chi connectivity index (χ2n) is 4.76. The molecular formula is C15H14F2N2O3S. The van der Waals surface area contributed by atoms with Crippen LogP contribution in [0.4, 0.5) is 14.5 Å². The molecule has 0 saturated heterocycles. The standard InChI is InChI=1S/C15H14F2N2O3S/c1-10-8-11(6-7-12(10)16)23(21,22)18-9-15(20)19-14-5-3-2-4-13(14)17/h2-8,18H,9H2,1H3,(H,19,20). The number of amides is 1. The van der Waals surface area contributed by atoms with Crippen LogP contribution in [0.2, 0.25) is 0 Å². The molecular weight excluding hydrogens is 326 g/mol. The normalized spacial score (nSPS) is 11.3. The van der Waals surface area contributed by atoms with Gasteiger partial charge in [0, 0.05) is 0 Å². The van der Waals surface area contributed by atoms with E-state index >= 15 is 0 Å². The summed E-state index contributed by atoms with van der Waals surface area (Å²) in [5.41, 5.74) is 0.123. The molecule has 8 heteroatoms. The molecule has 23 heavy (non-hydrogen) atoms. The molecule has 0 bridgehead atoms. The lowest BCUT2D eigenvalue weighted by Crippen LogP contribution is -2.33. The number of halogens is 2. The third kappa shape index (κ3) is 4.33. The van der Waals surface area contributed by atoms with Crippen molar-refractivity contribution in [3.63, 3.8) is 0 Å². The molecule has 2 aromatic carbocycles. The summed E-state index contributed by atoms with van der Waals surface area (Å²) < 4.78 is 52.7. The fraction of sp³-hybridized carbons (Fsp3) is 0.133. The van der Waals surface area contributed by atoms with Gasteiger partial charge in [-0.3, -0.25) is 4.79 Å². The predicted molar refractivity (Wildman–Crippen MR) is 81.4 cm³/mol. The van der Waals surface area contributed by atoms with Gasteiger partial charge >= 0.3 is 0 Å². The number of anilines is 1. The first-order valence-corrected chi connectivity index (χ1v) is 8.08. The maximum atomic E-state index is 13.4.